The van der Waals surface area contributed by atoms with Crippen LogP contribution in [0.4, 0.5) is 17.6 Å². The van der Waals surface area contributed by atoms with E-state index in [4.69, 9.17) is 0 Å². The fourth-order valence-corrected chi connectivity index (χ4v) is 6.24. The molecule has 47 heavy (non-hydrogen) atoms. The Morgan fingerprint density at radius 1 is 0.553 bits per heavy atom. The first-order chi connectivity index (χ1) is 22.3. The molecular formula is C40H38F4N2Ti. The van der Waals surface area contributed by atoms with Gasteiger partial charge in [-0.2, -0.15) is 36.4 Å². The van der Waals surface area contributed by atoms with Gasteiger partial charge in [0.1, 0.15) is 0 Å². The van der Waals surface area contributed by atoms with Crippen LogP contribution in [0, 0.1) is 49.2 Å². The summed E-state index contributed by atoms with van der Waals surface area (Å²) in [5, 5.41) is 0. The molecule has 0 spiro atoms. The maximum absolute atomic E-state index is 13.8. The van der Waals surface area contributed by atoms with Crippen molar-refractivity contribution >= 4 is 0 Å². The molecule has 0 radical (unpaired) electrons. The summed E-state index contributed by atoms with van der Waals surface area (Å²) in [5.74, 6) is -2.56. The average Bonchev–Trinajstić information content (AvgIpc) is 3.87. The van der Waals surface area contributed by atoms with E-state index in [1.807, 2.05) is 83.6 Å². The second-order valence-corrected chi connectivity index (χ2v) is 11.5. The van der Waals surface area contributed by atoms with E-state index < -0.39 is 23.3 Å². The summed E-state index contributed by atoms with van der Waals surface area (Å²) in [6, 6.07) is 33.9. The van der Waals surface area contributed by atoms with Gasteiger partial charge < -0.3 is 9.13 Å². The van der Waals surface area contributed by atoms with Gasteiger partial charge in [-0.1, -0.05) is 0 Å². The maximum atomic E-state index is 13.8. The molecule has 0 atom stereocenters. The summed E-state index contributed by atoms with van der Waals surface area (Å²) in [5.41, 5.74) is 7.72. The molecule has 240 valence electrons. The second-order valence-electron chi connectivity index (χ2n) is 11.5. The van der Waals surface area contributed by atoms with Crippen LogP contribution in [0.2, 0.25) is 0 Å². The molecule has 0 amide bonds. The second kappa shape index (κ2) is 17.3. The Labute approximate surface area is 290 Å². The molecule has 8 rings (SSSR count). The third-order valence-electron chi connectivity index (χ3n) is 8.25. The van der Waals surface area contributed by atoms with Gasteiger partial charge in [-0.25, -0.2) is 41.8 Å². The minimum Gasteiger partial charge on any atom is -0.369 e. The van der Waals surface area contributed by atoms with E-state index >= 15 is 0 Å². The van der Waals surface area contributed by atoms with E-state index in [0.29, 0.717) is 11.4 Å². The summed E-state index contributed by atoms with van der Waals surface area (Å²) >= 11 is 0. The Hall–Kier alpha value is -3.87. The van der Waals surface area contributed by atoms with Crippen LogP contribution in [0.1, 0.15) is 59.6 Å². The SMILES string of the molecule is Cc1cc2c(n1-c1ccc(F)[c-]c1F)CCCC2.Cc1cc2c(n1-c1ccc(F)[c-]c1F)CCCC2.[Ti+4].c1cc[cH-]c1.c1cc[cH-]c1. The molecule has 0 saturated heterocycles. The van der Waals surface area contributed by atoms with Crippen LogP contribution in [0.25, 0.3) is 11.4 Å². The van der Waals surface area contributed by atoms with Crippen molar-refractivity contribution in [3.8, 4) is 11.4 Å². The molecule has 0 aliphatic heterocycles. The number of aromatic nitrogens is 2. The Balaban J connectivity index is 0.000000162. The maximum Gasteiger partial charge on any atom is 4.00 e. The van der Waals surface area contributed by atoms with Crippen molar-refractivity contribution in [1.29, 1.82) is 0 Å². The summed E-state index contributed by atoms with van der Waals surface area (Å²) in [4.78, 5) is 0. The molecule has 2 heterocycles. The predicted octanol–water partition coefficient (Wildman–Crippen LogP) is 10.3. The largest absolute Gasteiger partial charge is 4.00 e. The minimum absolute atomic E-state index is 0. The van der Waals surface area contributed by atoms with E-state index in [0.717, 1.165) is 61.3 Å². The summed E-state index contributed by atoms with van der Waals surface area (Å²) in [7, 11) is 0. The number of rotatable bonds is 2. The molecule has 6 aromatic rings. The Bertz CT molecular complexity index is 1650. The summed E-state index contributed by atoms with van der Waals surface area (Å²) < 4.78 is 57.3. The van der Waals surface area contributed by atoms with Crippen LogP contribution in [0.15, 0.2) is 97.1 Å². The van der Waals surface area contributed by atoms with E-state index in [1.54, 1.807) is 0 Å². The zero-order chi connectivity index (χ0) is 32.5. The number of aryl methyl sites for hydroxylation is 4. The number of nitrogens with zero attached hydrogens (tertiary/aromatic N) is 2. The first-order valence-corrected chi connectivity index (χ1v) is 15.8. The standard InChI is InChI=1S/2C15H14F2N.2C5H5.Ti/c2*1-10-8-11-4-2-3-5-14(11)18(10)15-7-6-12(16)9-13(15)17;2*1-2-4-5-3-1;/h2*6-8H,2-5H2,1H3;2*1-5H;/q4*-1;+4. The average molecular weight is 671 g/mol. The molecular weight excluding hydrogens is 632 g/mol. The molecule has 2 aromatic heterocycles. The molecule has 2 aliphatic rings. The monoisotopic (exact) mass is 670 g/mol. The summed E-state index contributed by atoms with van der Waals surface area (Å²) in [6.07, 6.45) is 8.65. The molecule has 0 saturated carbocycles. The quantitative estimate of drug-likeness (QED) is 0.0986. The third kappa shape index (κ3) is 9.15. The Morgan fingerprint density at radius 2 is 0.915 bits per heavy atom. The normalized spacial score (nSPS) is 12.9. The molecule has 0 fully saturated rings. The van der Waals surface area contributed by atoms with Crippen LogP contribution < -0.4 is 0 Å². The predicted molar refractivity (Wildman–Crippen MR) is 176 cm³/mol. The van der Waals surface area contributed by atoms with Crippen molar-refractivity contribution in [1.82, 2.24) is 9.13 Å². The number of hydrogen-bond donors (Lipinski definition) is 0. The van der Waals surface area contributed by atoms with Crippen molar-refractivity contribution in [2.24, 2.45) is 0 Å². The number of hydrogen-bond acceptors (Lipinski definition) is 0. The molecule has 0 N–H and O–H groups in total. The van der Waals surface area contributed by atoms with Crippen molar-refractivity contribution < 1.29 is 39.3 Å². The van der Waals surface area contributed by atoms with Gasteiger partial charge in [0.05, 0.1) is 0 Å². The smallest absolute Gasteiger partial charge is 0.369 e. The van der Waals surface area contributed by atoms with Crippen LogP contribution in [-0.4, -0.2) is 9.13 Å². The Kier molecular flexibility index (Phi) is 13.3. The van der Waals surface area contributed by atoms with Gasteiger partial charge in [0.25, 0.3) is 0 Å². The Morgan fingerprint density at radius 3 is 1.23 bits per heavy atom. The number of fused-ring (bicyclic) bond motifs is 2. The first kappa shape index (κ1) is 36.0. The number of benzene rings is 2. The molecule has 0 unspecified atom stereocenters. The van der Waals surface area contributed by atoms with E-state index in [2.05, 4.69) is 24.3 Å². The van der Waals surface area contributed by atoms with Gasteiger partial charge >= 0.3 is 21.7 Å². The molecule has 7 heteroatoms. The van der Waals surface area contributed by atoms with E-state index in [-0.39, 0.29) is 21.7 Å². The van der Waals surface area contributed by atoms with Gasteiger partial charge in [-0.05, 0) is 99.8 Å². The first-order valence-electron chi connectivity index (χ1n) is 15.8. The van der Waals surface area contributed by atoms with Gasteiger partial charge in [0.2, 0.25) is 0 Å². The van der Waals surface area contributed by atoms with Crippen LogP contribution in [0.3, 0.4) is 0 Å². The minimum atomic E-state index is -0.657. The van der Waals surface area contributed by atoms with Crippen molar-refractivity contribution in [2.45, 2.75) is 65.2 Å². The fourth-order valence-electron chi connectivity index (χ4n) is 6.24. The van der Waals surface area contributed by atoms with Crippen LogP contribution in [-0.2, 0) is 47.4 Å². The molecule has 0 bridgehead atoms. The van der Waals surface area contributed by atoms with Crippen molar-refractivity contribution in [3.63, 3.8) is 0 Å². The molecule has 2 aliphatic carbocycles. The van der Waals surface area contributed by atoms with Crippen molar-refractivity contribution in [3.05, 3.63) is 166 Å². The zero-order valence-electron chi connectivity index (χ0n) is 26.8. The third-order valence-corrected chi connectivity index (χ3v) is 8.25. The summed E-state index contributed by atoms with van der Waals surface area (Å²) in [6.45, 7) is 3.92. The molecule has 2 nitrogen and oxygen atoms in total. The zero-order valence-corrected chi connectivity index (χ0v) is 28.4. The van der Waals surface area contributed by atoms with Gasteiger partial charge in [-0.15, -0.1) is 36.4 Å². The number of halogens is 4. The van der Waals surface area contributed by atoms with Gasteiger partial charge in [-0.3, -0.25) is 0 Å². The molecule has 4 aromatic carbocycles. The van der Waals surface area contributed by atoms with E-state index in [1.165, 1.54) is 48.2 Å². The van der Waals surface area contributed by atoms with Crippen LogP contribution in [0.5, 0.6) is 0 Å². The van der Waals surface area contributed by atoms with E-state index in [9.17, 15) is 17.6 Å². The topological polar surface area (TPSA) is 9.86 Å². The van der Waals surface area contributed by atoms with Crippen molar-refractivity contribution in [2.75, 3.05) is 0 Å². The fraction of sp³-hybridized carbons (Fsp3) is 0.250. The van der Waals surface area contributed by atoms with Gasteiger partial charge in [0.15, 0.2) is 0 Å². The van der Waals surface area contributed by atoms with Gasteiger partial charge in [0, 0.05) is 46.0 Å². The van der Waals surface area contributed by atoms with Crippen LogP contribution >= 0.6 is 0 Å².